The van der Waals surface area contributed by atoms with Crippen molar-refractivity contribution in [1.82, 2.24) is 15.3 Å². The summed E-state index contributed by atoms with van der Waals surface area (Å²) in [4.78, 5) is 24.1. The number of nitrogens with two attached hydrogens (primary N) is 1. The molecule has 2 atom stereocenters. The Hall–Kier alpha value is -1.11. The number of piperidine rings is 1. The van der Waals surface area contributed by atoms with Crippen LogP contribution in [0.2, 0.25) is 0 Å². The van der Waals surface area contributed by atoms with Crippen molar-refractivity contribution in [2.45, 2.75) is 70.9 Å². The molecule has 0 aromatic carbocycles. The van der Waals surface area contributed by atoms with Crippen LogP contribution in [-0.2, 0) is 4.79 Å². The van der Waals surface area contributed by atoms with Gasteiger partial charge in [0.05, 0.1) is 0 Å². The second-order valence-corrected chi connectivity index (χ2v) is 8.88. The molecule has 0 radical (unpaired) electrons. The Balaban J connectivity index is 0.00000150. The summed E-state index contributed by atoms with van der Waals surface area (Å²) in [5, 5.41) is 3.35. The van der Waals surface area contributed by atoms with E-state index >= 15 is 0 Å². The number of hydrogen-bond acceptors (Lipinski definition) is 5. The van der Waals surface area contributed by atoms with Crippen molar-refractivity contribution in [2.24, 2.45) is 23.5 Å². The highest BCUT2D eigenvalue weighted by atomic mass is 35.5. The first-order valence-electron chi connectivity index (χ1n) is 10.6. The van der Waals surface area contributed by atoms with Gasteiger partial charge in [-0.05, 0) is 64.2 Å². The summed E-state index contributed by atoms with van der Waals surface area (Å²) in [5.41, 5.74) is 7.38. The third-order valence-corrected chi connectivity index (χ3v) is 6.90. The first-order valence-corrected chi connectivity index (χ1v) is 10.6. The van der Waals surface area contributed by atoms with Crippen LogP contribution in [0.15, 0.2) is 6.07 Å². The third kappa shape index (κ3) is 5.53. The Bertz CT molecular complexity index is 661. The fourth-order valence-corrected chi connectivity index (χ4v) is 5.43. The van der Waals surface area contributed by atoms with Crippen LogP contribution < -0.4 is 16.0 Å². The third-order valence-electron chi connectivity index (χ3n) is 6.90. The van der Waals surface area contributed by atoms with Gasteiger partial charge in [0.1, 0.15) is 11.6 Å². The van der Waals surface area contributed by atoms with E-state index in [4.69, 9.17) is 5.73 Å². The van der Waals surface area contributed by atoms with E-state index in [1.54, 1.807) is 0 Å². The first-order chi connectivity index (χ1) is 13.0. The van der Waals surface area contributed by atoms with Crippen LogP contribution in [0.3, 0.4) is 0 Å². The number of carbonyl (C=O) groups is 1. The van der Waals surface area contributed by atoms with Crippen molar-refractivity contribution in [1.29, 1.82) is 0 Å². The number of aromatic nitrogens is 2. The number of rotatable bonds is 3. The van der Waals surface area contributed by atoms with E-state index in [0.717, 1.165) is 56.1 Å². The van der Waals surface area contributed by atoms with Gasteiger partial charge >= 0.3 is 0 Å². The minimum Gasteiger partial charge on any atom is -0.356 e. The molecule has 2 unspecified atom stereocenters. The van der Waals surface area contributed by atoms with E-state index in [1.165, 1.54) is 19.3 Å². The summed E-state index contributed by atoms with van der Waals surface area (Å²) in [6.45, 7) is 5.81. The average molecular weight is 444 g/mol. The zero-order chi connectivity index (χ0) is 19.0. The molecule has 1 saturated heterocycles. The van der Waals surface area contributed by atoms with Crippen LogP contribution in [0.4, 0.5) is 5.82 Å². The second-order valence-electron chi connectivity index (χ2n) is 8.88. The molecule has 2 aliphatic carbocycles. The number of anilines is 1. The molecule has 2 saturated carbocycles. The topological polar surface area (TPSA) is 84.1 Å². The van der Waals surface area contributed by atoms with Crippen LogP contribution in [-0.4, -0.2) is 41.0 Å². The van der Waals surface area contributed by atoms with Gasteiger partial charge in [0, 0.05) is 42.9 Å². The Labute approximate surface area is 186 Å². The van der Waals surface area contributed by atoms with Crippen LogP contribution >= 0.6 is 24.8 Å². The number of halogens is 2. The maximum Gasteiger partial charge on any atom is 0.223 e. The number of fused-ring (bicyclic) bond motifs is 2. The summed E-state index contributed by atoms with van der Waals surface area (Å²) in [7, 11) is 0. The van der Waals surface area contributed by atoms with Gasteiger partial charge in [-0.15, -0.1) is 24.8 Å². The summed E-state index contributed by atoms with van der Waals surface area (Å²) in [6, 6.07) is 2.66. The largest absolute Gasteiger partial charge is 0.356 e. The van der Waals surface area contributed by atoms with Gasteiger partial charge < -0.3 is 16.0 Å². The highest BCUT2D eigenvalue weighted by molar-refractivity contribution is 5.85. The van der Waals surface area contributed by atoms with Gasteiger partial charge in [0.2, 0.25) is 5.91 Å². The standard InChI is InChI=1S/C21H33N5O.2ClH/c1-13-10-19(24-14(2)23-13)26-8-6-18(7-9-26)25-21(27)17-11-15-4-3-5-16(12-17)20(15)22;;/h10,15-18,20H,3-9,11-12,22H2,1-2H3,(H,25,27);2*1H. The van der Waals surface area contributed by atoms with Crippen LogP contribution in [0.25, 0.3) is 0 Å². The molecular formula is C21H35Cl2N5O. The van der Waals surface area contributed by atoms with Gasteiger partial charge in [-0.1, -0.05) is 6.42 Å². The minimum atomic E-state index is 0. The van der Waals surface area contributed by atoms with E-state index in [1.807, 2.05) is 13.8 Å². The Morgan fingerprint density at radius 2 is 1.69 bits per heavy atom. The molecule has 8 heteroatoms. The maximum absolute atomic E-state index is 12.9. The molecule has 2 heterocycles. The molecule has 1 amide bonds. The molecule has 164 valence electrons. The Morgan fingerprint density at radius 3 is 2.28 bits per heavy atom. The number of amides is 1. The Morgan fingerprint density at radius 1 is 1.07 bits per heavy atom. The van der Waals surface area contributed by atoms with Crippen molar-refractivity contribution in [3.05, 3.63) is 17.6 Å². The number of aryl methyl sites for hydroxylation is 2. The van der Waals surface area contributed by atoms with Crippen LogP contribution in [0.1, 0.15) is 56.5 Å². The van der Waals surface area contributed by atoms with E-state index in [9.17, 15) is 4.79 Å². The molecule has 1 aliphatic heterocycles. The molecule has 3 fully saturated rings. The van der Waals surface area contributed by atoms with Crippen molar-refractivity contribution in [3.63, 3.8) is 0 Å². The minimum absolute atomic E-state index is 0. The SMILES string of the molecule is Cc1cc(N2CCC(NC(=O)C3CC4CCCC(C3)C4N)CC2)nc(C)n1.Cl.Cl. The molecule has 29 heavy (non-hydrogen) atoms. The molecule has 0 spiro atoms. The lowest BCUT2D eigenvalue weighted by molar-refractivity contribution is -0.128. The molecule has 6 nitrogen and oxygen atoms in total. The van der Waals surface area contributed by atoms with Gasteiger partial charge in [0.25, 0.3) is 0 Å². The van der Waals surface area contributed by atoms with E-state index in [-0.39, 0.29) is 42.7 Å². The summed E-state index contributed by atoms with van der Waals surface area (Å²) < 4.78 is 0. The number of hydrogen-bond donors (Lipinski definition) is 2. The maximum atomic E-state index is 12.9. The van der Waals surface area contributed by atoms with Crippen molar-refractivity contribution >= 4 is 36.5 Å². The second kappa shape index (κ2) is 10.3. The fourth-order valence-electron chi connectivity index (χ4n) is 5.43. The zero-order valence-corrected chi connectivity index (χ0v) is 19.1. The van der Waals surface area contributed by atoms with E-state index in [0.29, 0.717) is 17.9 Å². The normalized spacial score (nSPS) is 29.4. The van der Waals surface area contributed by atoms with Crippen molar-refractivity contribution < 1.29 is 4.79 Å². The predicted molar refractivity (Wildman–Crippen MR) is 121 cm³/mol. The fraction of sp³-hybridized carbons (Fsp3) is 0.762. The predicted octanol–water partition coefficient (Wildman–Crippen LogP) is 3.18. The first kappa shape index (κ1) is 24.2. The Kier molecular flexibility index (Phi) is 8.56. The number of nitrogens with one attached hydrogen (secondary N) is 1. The van der Waals surface area contributed by atoms with Crippen molar-refractivity contribution in [2.75, 3.05) is 18.0 Å². The summed E-state index contributed by atoms with van der Waals surface area (Å²) in [6.07, 6.45) is 7.64. The van der Waals surface area contributed by atoms with E-state index < -0.39 is 0 Å². The lowest BCUT2D eigenvalue weighted by Crippen LogP contribution is -2.51. The highest BCUT2D eigenvalue weighted by Crippen LogP contribution is 2.42. The molecule has 2 bridgehead atoms. The lowest BCUT2D eigenvalue weighted by atomic mass is 9.65. The smallest absolute Gasteiger partial charge is 0.223 e. The molecule has 1 aromatic rings. The van der Waals surface area contributed by atoms with Crippen molar-refractivity contribution in [3.8, 4) is 0 Å². The van der Waals surface area contributed by atoms with E-state index in [2.05, 4.69) is 26.3 Å². The number of nitrogens with zero attached hydrogens (tertiary/aromatic N) is 3. The summed E-state index contributed by atoms with van der Waals surface area (Å²) >= 11 is 0. The quantitative estimate of drug-likeness (QED) is 0.748. The van der Waals surface area contributed by atoms with Crippen LogP contribution in [0.5, 0.6) is 0 Å². The molecule has 4 rings (SSSR count). The molecule has 1 aromatic heterocycles. The molecule has 3 aliphatic rings. The van der Waals surface area contributed by atoms with Gasteiger partial charge in [-0.2, -0.15) is 0 Å². The monoisotopic (exact) mass is 443 g/mol. The van der Waals surface area contributed by atoms with Gasteiger partial charge in [-0.3, -0.25) is 4.79 Å². The number of carbonyl (C=O) groups excluding carboxylic acids is 1. The van der Waals surface area contributed by atoms with Gasteiger partial charge in [-0.25, -0.2) is 9.97 Å². The molecule has 3 N–H and O–H groups in total. The molecular weight excluding hydrogens is 409 g/mol. The average Bonchev–Trinajstić information content (AvgIpc) is 2.61. The van der Waals surface area contributed by atoms with Crippen LogP contribution in [0, 0.1) is 31.6 Å². The summed E-state index contributed by atoms with van der Waals surface area (Å²) in [5.74, 6) is 3.38. The lowest BCUT2D eigenvalue weighted by Gasteiger charge is -2.44. The van der Waals surface area contributed by atoms with Gasteiger partial charge in [0.15, 0.2) is 0 Å². The zero-order valence-electron chi connectivity index (χ0n) is 17.5. The highest BCUT2D eigenvalue weighted by Gasteiger charge is 2.40.